The molecule has 1 aromatic heterocycles. The molecular weight excluding hydrogens is 381 g/mol. The summed E-state index contributed by atoms with van der Waals surface area (Å²) >= 11 is 0. The summed E-state index contributed by atoms with van der Waals surface area (Å²) in [6.45, 7) is 3.61. The lowest BCUT2D eigenvalue weighted by atomic mass is 10.0. The fourth-order valence-electron chi connectivity index (χ4n) is 3.38. The Hall–Kier alpha value is -3.62. The normalized spacial score (nSPS) is 13.9. The number of nitrogens with one attached hydrogen (secondary N) is 3. The highest BCUT2D eigenvalue weighted by atomic mass is 19.1. The van der Waals surface area contributed by atoms with Crippen LogP contribution in [-0.4, -0.2) is 13.0 Å². The monoisotopic (exact) mass is 399 g/mol. The van der Waals surface area contributed by atoms with Crippen LogP contribution in [0.15, 0.2) is 32.2 Å². The molecule has 2 aromatic carbocycles. The topological polar surface area (TPSA) is 110 Å². The van der Waals surface area contributed by atoms with Crippen LogP contribution in [0.25, 0.3) is 0 Å². The Balaban J connectivity index is 1.71. The van der Waals surface area contributed by atoms with Crippen LogP contribution in [0.3, 0.4) is 0 Å². The Morgan fingerprint density at radius 1 is 1.17 bits per heavy atom. The van der Waals surface area contributed by atoms with Crippen molar-refractivity contribution in [2.24, 2.45) is 0 Å². The van der Waals surface area contributed by atoms with Crippen LogP contribution in [0.2, 0.25) is 0 Å². The highest BCUT2D eigenvalue weighted by Crippen LogP contribution is 2.38. The molecule has 0 fully saturated rings. The van der Waals surface area contributed by atoms with E-state index < -0.39 is 22.6 Å². The zero-order valence-electron chi connectivity index (χ0n) is 15.9. The lowest BCUT2D eigenvalue weighted by molar-refractivity contribution is 0.0966. The van der Waals surface area contributed by atoms with Crippen molar-refractivity contribution in [3.05, 3.63) is 67.1 Å². The Labute approximate surface area is 164 Å². The van der Waals surface area contributed by atoms with Gasteiger partial charge < -0.3 is 25.1 Å². The highest BCUT2D eigenvalue weighted by Gasteiger charge is 2.32. The number of rotatable bonds is 6. The van der Waals surface area contributed by atoms with Gasteiger partial charge in [-0.2, -0.15) is 0 Å². The number of halogens is 1. The molecule has 1 atom stereocenters. The van der Waals surface area contributed by atoms with E-state index in [0.717, 1.165) is 11.8 Å². The van der Waals surface area contributed by atoms with Crippen molar-refractivity contribution in [3.8, 4) is 5.75 Å². The summed E-state index contributed by atoms with van der Waals surface area (Å²) in [6.07, 6.45) is 0. The quantitative estimate of drug-likeness (QED) is 0.546. The fraction of sp³-hybridized carbons (Fsp3) is 0.250. The van der Waals surface area contributed by atoms with E-state index in [-0.39, 0.29) is 46.5 Å². The van der Waals surface area contributed by atoms with Crippen LogP contribution in [0.5, 0.6) is 5.75 Å². The Morgan fingerprint density at radius 3 is 2.55 bits per heavy atom. The van der Waals surface area contributed by atoms with Gasteiger partial charge in [0.15, 0.2) is 0 Å². The summed E-state index contributed by atoms with van der Waals surface area (Å²) in [7, 11) is 1.32. The van der Waals surface area contributed by atoms with E-state index in [0.29, 0.717) is 5.76 Å². The van der Waals surface area contributed by atoms with Crippen molar-refractivity contribution in [3.63, 3.8) is 0 Å². The predicted octanol–water partition coefficient (Wildman–Crippen LogP) is 2.49. The van der Waals surface area contributed by atoms with Crippen molar-refractivity contribution < 1.29 is 18.3 Å². The molecule has 0 aliphatic carbocycles. The molecule has 1 aliphatic heterocycles. The minimum atomic E-state index is -0.742. The number of aryl methyl sites for hydroxylation is 1. The van der Waals surface area contributed by atoms with Crippen LogP contribution < -0.4 is 31.5 Å². The average molecular weight is 399 g/mol. The molecule has 4 rings (SSSR count). The standard InChI is InChI=1S/C20H18FN3O5/c1-8-4-5-12(29-8)9(2)23-16-17(19(26)18(16)25)24-15-13(28-3)6-11(21)10-7-22-20(27)14(10)15/h4-6,9,23-24H,7H2,1-3H3,(H,22,27)/t9-/m1/s1. The second-order valence-corrected chi connectivity index (χ2v) is 6.82. The van der Waals surface area contributed by atoms with Crippen LogP contribution in [0.4, 0.5) is 21.5 Å². The summed E-state index contributed by atoms with van der Waals surface area (Å²) < 4.78 is 25.0. The number of amides is 1. The summed E-state index contributed by atoms with van der Waals surface area (Å²) in [6, 6.07) is 4.32. The molecule has 2 heterocycles. The molecule has 0 saturated carbocycles. The third kappa shape index (κ3) is 2.95. The number of carbonyl (C=O) groups is 1. The van der Waals surface area contributed by atoms with Gasteiger partial charge in [-0.3, -0.25) is 14.4 Å². The van der Waals surface area contributed by atoms with Gasteiger partial charge in [0.2, 0.25) is 0 Å². The van der Waals surface area contributed by atoms with Gasteiger partial charge in [-0.1, -0.05) is 0 Å². The first-order chi connectivity index (χ1) is 13.8. The molecule has 3 N–H and O–H groups in total. The second kappa shape index (κ2) is 6.77. The molecule has 0 bridgehead atoms. The van der Waals surface area contributed by atoms with E-state index in [1.807, 2.05) is 0 Å². The largest absolute Gasteiger partial charge is 0.494 e. The van der Waals surface area contributed by atoms with Gasteiger partial charge in [-0.15, -0.1) is 0 Å². The predicted molar refractivity (Wildman–Crippen MR) is 104 cm³/mol. The first-order valence-corrected chi connectivity index (χ1v) is 8.92. The number of anilines is 3. The number of furan rings is 1. The van der Waals surface area contributed by atoms with Crippen molar-refractivity contribution >= 4 is 23.0 Å². The highest BCUT2D eigenvalue weighted by molar-refractivity contribution is 6.06. The number of ether oxygens (including phenoxy) is 1. The van der Waals surface area contributed by atoms with E-state index in [2.05, 4.69) is 16.0 Å². The maximum absolute atomic E-state index is 14.2. The number of hydrogen-bond acceptors (Lipinski definition) is 7. The number of carbonyl (C=O) groups excluding carboxylic acids is 1. The van der Waals surface area contributed by atoms with E-state index in [1.54, 1.807) is 26.0 Å². The van der Waals surface area contributed by atoms with Crippen LogP contribution in [0.1, 0.15) is 40.4 Å². The lowest BCUT2D eigenvalue weighted by Gasteiger charge is -2.20. The minimum Gasteiger partial charge on any atom is -0.494 e. The summed E-state index contributed by atoms with van der Waals surface area (Å²) in [5.74, 6) is 0.279. The smallest absolute Gasteiger partial charge is 0.254 e. The van der Waals surface area contributed by atoms with Gasteiger partial charge in [0.05, 0.1) is 24.4 Å². The molecule has 0 spiro atoms. The molecule has 0 radical (unpaired) electrons. The maximum atomic E-state index is 14.2. The van der Waals surface area contributed by atoms with E-state index >= 15 is 0 Å². The first-order valence-electron chi connectivity index (χ1n) is 8.92. The SMILES string of the molecule is COc1cc(F)c2c(c1Nc1c(N[C@H](C)c3ccc(C)o3)c(=O)c1=O)C(=O)NC2. The summed E-state index contributed by atoms with van der Waals surface area (Å²) in [4.78, 5) is 36.5. The van der Waals surface area contributed by atoms with Crippen molar-refractivity contribution in [2.75, 3.05) is 17.7 Å². The summed E-state index contributed by atoms with van der Waals surface area (Å²) in [5.41, 5.74) is -1.03. The van der Waals surface area contributed by atoms with Gasteiger partial charge in [0, 0.05) is 18.2 Å². The number of hydrogen-bond donors (Lipinski definition) is 3. The van der Waals surface area contributed by atoms with Crippen molar-refractivity contribution in [1.82, 2.24) is 5.32 Å². The molecule has 0 unspecified atom stereocenters. The molecule has 8 nitrogen and oxygen atoms in total. The van der Waals surface area contributed by atoms with Gasteiger partial charge in [0.25, 0.3) is 16.8 Å². The Bertz CT molecular complexity index is 1210. The number of fused-ring (bicyclic) bond motifs is 1. The van der Waals surface area contributed by atoms with Crippen LogP contribution in [0, 0.1) is 12.7 Å². The molecule has 1 aliphatic rings. The third-order valence-corrected chi connectivity index (χ3v) is 4.93. The lowest BCUT2D eigenvalue weighted by Crippen LogP contribution is -2.37. The molecule has 3 aromatic rings. The molecular formula is C20H18FN3O5. The third-order valence-electron chi connectivity index (χ3n) is 4.93. The minimum absolute atomic E-state index is 0.0167. The van der Waals surface area contributed by atoms with Crippen LogP contribution in [-0.2, 0) is 6.54 Å². The first kappa shape index (κ1) is 18.7. The van der Waals surface area contributed by atoms with Gasteiger partial charge in [-0.05, 0) is 26.0 Å². The molecule has 150 valence electrons. The Kier molecular flexibility index (Phi) is 4.37. The number of methoxy groups -OCH3 is 1. The van der Waals surface area contributed by atoms with Gasteiger partial charge in [-0.25, -0.2) is 4.39 Å². The summed E-state index contributed by atoms with van der Waals surface area (Å²) in [5, 5.41) is 8.32. The zero-order valence-corrected chi connectivity index (χ0v) is 15.9. The van der Waals surface area contributed by atoms with Crippen molar-refractivity contribution in [1.29, 1.82) is 0 Å². The molecule has 9 heteroatoms. The number of benzene rings is 1. The van der Waals surface area contributed by atoms with Gasteiger partial charge >= 0.3 is 0 Å². The average Bonchev–Trinajstić information content (AvgIpc) is 3.31. The Morgan fingerprint density at radius 2 is 1.90 bits per heavy atom. The zero-order chi connectivity index (χ0) is 20.9. The molecule has 29 heavy (non-hydrogen) atoms. The van der Waals surface area contributed by atoms with Crippen molar-refractivity contribution in [2.45, 2.75) is 26.4 Å². The molecule has 0 saturated heterocycles. The van der Waals surface area contributed by atoms with Crippen LogP contribution >= 0.6 is 0 Å². The van der Waals surface area contributed by atoms with Gasteiger partial charge in [0.1, 0.15) is 34.5 Å². The van der Waals surface area contributed by atoms with E-state index in [1.165, 1.54) is 7.11 Å². The second-order valence-electron chi connectivity index (χ2n) is 6.82. The van der Waals surface area contributed by atoms with E-state index in [9.17, 15) is 18.8 Å². The fourth-order valence-corrected chi connectivity index (χ4v) is 3.38. The maximum Gasteiger partial charge on any atom is 0.254 e. The molecule has 1 amide bonds. The van der Waals surface area contributed by atoms with E-state index in [4.69, 9.17) is 9.15 Å².